The van der Waals surface area contributed by atoms with Crippen LogP contribution in [0.4, 0.5) is 5.69 Å². The van der Waals surface area contributed by atoms with Gasteiger partial charge in [0.2, 0.25) is 10.0 Å². The number of nitrogens with one attached hydrogen (secondary N) is 2. The molecule has 0 spiro atoms. The van der Waals surface area contributed by atoms with Gasteiger partial charge in [-0.15, -0.1) is 0 Å². The van der Waals surface area contributed by atoms with Crippen molar-refractivity contribution in [2.45, 2.75) is 54.9 Å². The van der Waals surface area contributed by atoms with E-state index in [0.29, 0.717) is 29.9 Å². The Bertz CT molecular complexity index is 731. The van der Waals surface area contributed by atoms with Crippen LogP contribution in [0.3, 0.4) is 0 Å². The minimum Gasteiger partial charge on any atom is -0.358 e. The molecule has 140 valence electrons. The highest BCUT2D eigenvalue weighted by Gasteiger charge is 2.32. The van der Waals surface area contributed by atoms with Crippen LogP contribution in [0.5, 0.6) is 0 Å². The van der Waals surface area contributed by atoms with Gasteiger partial charge < -0.3 is 10.2 Å². The van der Waals surface area contributed by atoms with Crippen LogP contribution in [-0.4, -0.2) is 44.2 Å². The van der Waals surface area contributed by atoms with E-state index in [4.69, 9.17) is 0 Å². The number of anilines is 1. The molecule has 0 amide bonds. The van der Waals surface area contributed by atoms with Crippen molar-refractivity contribution < 1.29 is 12.6 Å². The predicted molar refractivity (Wildman–Crippen MR) is 101 cm³/mol. The maximum absolute atomic E-state index is 12.7. The summed E-state index contributed by atoms with van der Waals surface area (Å²) in [5.74, 6) is 0.374. The number of sulfonamides is 1. The average Bonchev–Trinajstić information content (AvgIpc) is 3.21. The summed E-state index contributed by atoms with van der Waals surface area (Å²) >= 11 is 0. The molecule has 0 aromatic heterocycles. The molecule has 1 aliphatic heterocycles. The van der Waals surface area contributed by atoms with E-state index in [9.17, 15) is 12.6 Å². The number of hydrogen-bond donors (Lipinski definition) is 2. The topological polar surface area (TPSA) is 78.5 Å². The molecule has 2 N–H and O–H groups in total. The summed E-state index contributed by atoms with van der Waals surface area (Å²) in [6.07, 6.45) is 5.77. The van der Waals surface area contributed by atoms with Crippen LogP contribution < -0.4 is 14.9 Å². The predicted octanol–water partition coefficient (Wildman–Crippen LogP) is 1.79. The molecule has 1 atom stereocenters. The first-order chi connectivity index (χ1) is 12.0. The lowest BCUT2D eigenvalue weighted by atomic mass is 10.2. The zero-order valence-electron chi connectivity index (χ0n) is 14.7. The first kappa shape index (κ1) is 18.8. The van der Waals surface area contributed by atoms with Gasteiger partial charge in [-0.25, -0.2) is 13.1 Å². The Kier molecular flexibility index (Phi) is 6.14. The maximum Gasteiger partial charge on any atom is 0.241 e. The second kappa shape index (κ2) is 8.16. The van der Waals surface area contributed by atoms with Crippen molar-refractivity contribution in [2.24, 2.45) is 0 Å². The van der Waals surface area contributed by atoms with Crippen molar-refractivity contribution in [3.8, 4) is 0 Å². The average molecular weight is 386 g/mol. The second-order valence-electron chi connectivity index (χ2n) is 6.68. The molecule has 8 heteroatoms. The molecule has 1 aliphatic carbocycles. The minimum absolute atomic E-state index is 0.155. The van der Waals surface area contributed by atoms with Crippen molar-refractivity contribution in [3.63, 3.8) is 0 Å². The monoisotopic (exact) mass is 385 g/mol. The van der Waals surface area contributed by atoms with Crippen molar-refractivity contribution >= 4 is 26.5 Å². The van der Waals surface area contributed by atoms with Gasteiger partial charge in [0.1, 0.15) is 4.90 Å². The third-order valence-corrected chi connectivity index (χ3v) is 7.85. The van der Waals surface area contributed by atoms with Gasteiger partial charge in [-0.2, -0.15) is 0 Å². The Balaban J connectivity index is 1.69. The lowest BCUT2D eigenvalue weighted by molar-refractivity contribution is 0.520. The molecule has 0 radical (unpaired) electrons. The highest BCUT2D eigenvalue weighted by molar-refractivity contribution is 7.91. The van der Waals surface area contributed by atoms with Gasteiger partial charge in [-0.1, -0.05) is 25.8 Å². The van der Waals surface area contributed by atoms with Gasteiger partial charge in [0.25, 0.3) is 0 Å². The Morgan fingerprint density at radius 2 is 2.00 bits per heavy atom. The number of benzene rings is 1. The van der Waals surface area contributed by atoms with E-state index in [1.807, 2.05) is 11.0 Å². The van der Waals surface area contributed by atoms with Gasteiger partial charge in [0, 0.05) is 25.7 Å². The summed E-state index contributed by atoms with van der Waals surface area (Å²) in [4.78, 5) is 2.61. The fourth-order valence-electron chi connectivity index (χ4n) is 3.59. The van der Waals surface area contributed by atoms with Crippen molar-refractivity contribution in [2.75, 3.05) is 30.4 Å². The molecular formula is C17H27N3O3S2. The molecule has 1 heterocycles. The fraction of sp³-hybridized carbons (Fsp3) is 0.647. The van der Waals surface area contributed by atoms with Crippen LogP contribution in [0, 0.1) is 0 Å². The molecule has 6 nitrogen and oxygen atoms in total. The van der Waals surface area contributed by atoms with Crippen LogP contribution in [0.15, 0.2) is 28.0 Å². The molecule has 1 saturated carbocycles. The smallest absolute Gasteiger partial charge is 0.241 e. The number of rotatable bonds is 8. The Labute approximate surface area is 152 Å². The zero-order chi connectivity index (χ0) is 17.9. The second-order valence-corrected chi connectivity index (χ2v) is 9.77. The summed E-state index contributed by atoms with van der Waals surface area (Å²) in [6, 6.07) is 5.66. The van der Waals surface area contributed by atoms with Crippen LogP contribution >= 0.6 is 0 Å². The van der Waals surface area contributed by atoms with E-state index < -0.39 is 20.8 Å². The van der Waals surface area contributed by atoms with Crippen molar-refractivity contribution in [1.29, 1.82) is 0 Å². The largest absolute Gasteiger partial charge is 0.358 e. The highest BCUT2D eigenvalue weighted by Crippen LogP contribution is 2.36. The van der Waals surface area contributed by atoms with Crippen LogP contribution in [0.1, 0.15) is 39.0 Å². The first-order valence-corrected chi connectivity index (χ1v) is 11.8. The van der Waals surface area contributed by atoms with E-state index >= 15 is 0 Å². The summed E-state index contributed by atoms with van der Waals surface area (Å²) in [5, 5.41) is 3.40. The summed E-state index contributed by atoms with van der Waals surface area (Å²) < 4.78 is 40.6. The fourth-order valence-corrected chi connectivity index (χ4v) is 6.74. The van der Waals surface area contributed by atoms with Gasteiger partial charge in [-0.3, -0.25) is 4.21 Å². The van der Waals surface area contributed by atoms with E-state index in [2.05, 4.69) is 17.0 Å². The third-order valence-electron chi connectivity index (χ3n) is 4.79. The highest BCUT2D eigenvalue weighted by atomic mass is 32.2. The van der Waals surface area contributed by atoms with Gasteiger partial charge in [-0.05, 0) is 31.4 Å². The third kappa shape index (κ3) is 4.24. The molecule has 1 unspecified atom stereocenters. The van der Waals surface area contributed by atoms with E-state index in [1.165, 1.54) is 25.7 Å². The Morgan fingerprint density at radius 1 is 1.24 bits per heavy atom. The van der Waals surface area contributed by atoms with Crippen LogP contribution in [-0.2, 0) is 20.8 Å². The maximum atomic E-state index is 12.7. The lowest BCUT2D eigenvalue weighted by Crippen LogP contribution is -2.36. The molecule has 2 aliphatic rings. The summed E-state index contributed by atoms with van der Waals surface area (Å²) in [7, 11) is -4.97. The Morgan fingerprint density at radius 3 is 2.72 bits per heavy atom. The van der Waals surface area contributed by atoms with Crippen molar-refractivity contribution in [1.82, 2.24) is 10.0 Å². The van der Waals surface area contributed by atoms with Gasteiger partial charge in [0.15, 0.2) is 0 Å². The van der Waals surface area contributed by atoms with E-state index in [0.717, 1.165) is 18.7 Å². The van der Waals surface area contributed by atoms with Crippen molar-refractivity contribution in [3.05, 3.63) is 18.2 Å². The van der Waals surface area contributed by atoms with Crippen LogP contribution in [0.25, 0.3) is 0 Å². The molecule has 1 aromatic rings. The molecule has 0 saturated heterocycles. The molecule has 3 rings (SSSR count). The quantitative estimate of drug-likeness (QED) is 0.667. The molecule has 25 heavy (non-hydrogen) atoms. The Hall–Kier alpha value is -0.960. The number of nitrogens with zero attached hydrogens (tertiary/aromatic N) is 1. The number of fused-ring (bicyclic) bond motifs is 1. The first-order valence-electron chi connectivity index (χ1n) is 9.02. The molecule has 1 aromatic carbocycles. The summed E-state index contributed by atoms with van der Waals surface area (Å²) in [6.45, 7) is 3.79. The van der Waals surface area contributed by atoms with E-state index in [1.54, 1.807) is 12.1 Å². The number of hydrogen-bond acceptors (Lipinski definition) is 5. The molecule has 0 bridgehead atoms. The lowest BCUT2D eigenvalue weighted by Gasteiger charge is -2.17. The minimum atomic E-state index is -3.66. The van der Waals surface area contributed by atoms with Gasteiger partial charge in [0.05, 0.1) is 27.3 Å². The molecular weight excluding hydrogens is 358 g/mol. The summed E-state index contributed by atoms with van der Waals surface area (Å²) in [5.41, 5.74) is 0.784. The zero-order valence-corrected chi connectivity index (χ0v) is 16.3. The standard InChI is InChI=1S/C17H27N3O3S2/c1-2-12-20-13-24(21)17-15(20)8-5-9-16(17)25(22,23)19-11-10-18-14-6-3-4-7-14/h5,8-9,14,18-19H,2-4,6-7,10-13H2,1H3. The van der Waals surface area contributed by atoms with Crippen LogP contribution in [0.2, 0.25) is 0 Å². The SMILES string of the molecule is CCCN1CS(=O)c2c1cccc2S(=O)(=O)NCCNC1CCCC1. The van der Waals surface area contributed by atoms with E-state index in [-0.39, 0.29) is 4.90 Å². The molecule has 1 fully saturated rings. The normalized spacial score (nSPS) is 21.0. The van der Waals surface area contributed by atoms with Gasteiger partial charge >= 0.3 is 0 Å².